The van der Waals surface area contributed by atoms with Crippen LogP contribution in [0.1, 0.15) is 39.2 Å². The van der Waals surface area contributed by atoms with Crippen LogP contribution in [0.15, 0.2) is 47.4 Å². The molecule has 8 nitrogen and oxygen atoms in total. The molecule has 0 aliphatic rings. The molecule has 0 radical (unpaired) electrons. The minimum absolute atomic E-state index is 0.0180. The van der Waals surface area contributed by atoms with Crippen molar-refractivity contribution in [1.82, 2.24) is 4.72 Å². The summed E-state index contributed by atoms with van der Waals surface area (Å²) in [5, 5.41) is 5.27. The fraction of sp³-hybridized carbons (Fsp3) is 0.333. The van der Waals surface area contributed by atoms with Crippen molar-refractivity contribution in [3.8, 4) is 5.75 Å². The molecule has 0 aliphatic heterocycles. The normalized spacial score (nSPS) is 12.3. The molecule has 9 heteroatoms. The van der Waals surface area contributed by atoms with Crippen LogP contribution < -0.4 is 20.1 Å². The maximum absolute atomic E-state index is 12.9. The maximum Gasteiger partial charge on any atom is 0.244 e. The van der Waals surface area contributed by atoms with Gasteiger partial charge < -0.3 is 15.4 Å². The van der Waals surface area contributed by atoms with Crippen LogP contribution in [0.25, 0.3) is 0 Å². The van der Waals surface area contributed by atoms with Gasteiger partial charge in [0.25, 0.3) is 0 Å². The summed E-state index contributed by atoms with van der Waals surface area (Å²) in [6.07, 6.45) is 0. The summed E-state index contributed by atoms with van der Waals surface area (Å²) >= 11 is 0. The van der Waals surface area contributed by atoms with E-state index in [1.165, 1.54) is 21.0 Å². The van der Waals surface area contributed by atoms with Gasteiger partial charge in [-0.2, -0.15) is 4.72 Å². The van der Waals surface area contributed by atoms with Crippen molar-refractivity contribution in [3.63, 3.8) is 0 Å². The second kappa shape index (κ2) is 9.73. The first-order valence-corrected chi connectivity index (χ1v) is 10.9. The third-order valence-electron chi connectivity index (χ3n) is 4.34. The van der Waals surface area contributed by atoms with E-state index < -0.39 is 22.0 Å². The second-order valence-electron chi connectivity index (χ2n) is 7.16. The Morgan fingerprint density at radius 1 is 0.933 bits per heavy atom. The van der Waals surface area contributed by atoms with Crippen molar-refractivity contribution in [2.75, 3.05) is 17.7 Å². The van der Waals surface area contributed by atoms with E-state index in [1.54, 1.807) is 36.4 Å². The van der Waals surface area contributed by atoms with Gasteiger partial charge in [0.15, 0.2) is 0 Å². The number of anilines is 2. The van der Waals surface area contributed by atoms with Crippen molar-refractivity contribution in [1.29, 1.82) is 0 Å². The van der Waals surface area contributed by atoms with Gasteiger partial charge in [-0.25, -0.2) is 8.42 Å². The number of carbonyl (C=O) groups excluding carboxylic acids is 2. The van der Waals surface area contributed by atoms with Crippen molar-refractivity contribution in [3.05, 3.63) is 48.0 Å². The molecule has 162 valence electrons. The molecule has 0 saturated carbocycles. The smallest absolute Gasteiger partial charge is 0.244 e. The summed E-state index contributed by atoms with van der Waals surface area (Å²) in [6, 6.07) is 10.4. The Morgan fingerprint density at radius 3 is 2.00 bits per heavy atom. The van der Waals surface area contributed by atoms with Gasteiger partial charge in [-0.05, 0) is 54.8 Å². The molecule has 2 aromatic rings. The van der Waals surface area contributed by atoms with Crippen LogP contribution in [0.3, 0.4) is 0 Å². The molecular weight excluding hydrogens is 406 g/mol. The quantitative estimate of drug-likeness (QED) is 0.592. The number of ether oxygens (including phenoxy) is 1. The van der Waals surface area contributed by atoms with E-state index in [0.29, 0.717) is 11.4 Å². The Labute approximate surface area is 177 Å². The standard InChI is InChI=1S/C21H27N3O5S/c1-13(2)16-6-11-19(29-5)20(12-16)30(27,28)24-14(3)21(26)23-18-9-7-17(8-10-18)22-15(4)25/h6-14,24H,1-5H3,(H,22,25)(H,23,26). The lowest BCUT2D eigenvalue weighted by Gasteiger charge is -2.17. The van der Waals surface area contributed by atoms with Gasteiger partial charge in [0.1, 0.15) is 10.6 Å². The molecule has 30 heavy (non-hydrogen) atoms. The van der Waals surface area contributed by atoms with Crippen LogP contribution in [0, 0.1) is 0 Å². The Balaban J connectivity index is 2.14. The van der Waals surface area contributed by atoms with E-state index in [4.69, 9.17) is 4.74 Å². The number of methoxy groups -OCH3 is 1. The number of carbonyl (C=O) groups is 2. The van der Waals surface area contributed by atoms with Crippen LogP contribution in [-0.4, -0.2) is 33.4 Å². The van der Waals surface area contributed by atoms with Gasteiger partial charge in [0.05, 0.1) is 13.2 Å². The Morgan fingerprint density at radius 2 is 1.50 bits per heavy atom. The van der Waals surface area contributed by atoms with E-state index in [0.717, 1.165) is 5.56 Å². The summed E-state index contributed by atoms with van der Waals surface area (Å²) in [7, 11) is -2.61. The zero-order chi connectivity index (χ0) is 22.5. The van der Waals surface area contributed by atoms with E-state index in [1.807, 2.05) is 19.9 Å². The molecule has 1 unspecified atom stereocenters. The highest BCUT2D eigenvalue weighted by Crippen LogP contribution is 2.28. The number of hydrogen-bond acceptors (Lipinski definition) is 5. The highest BCUT2D eigenvalue weighted by molar-refractivity contribution is 7.89. The van der Waals surface area contributed by atoms with Crippen LogP contribution >= 0.6 is 0 Å². The zero-order valence-electron chi connectivity index (χ0n) is 17.6. The first-order chi connectivity index (χ1) is 14.0. The Bertz CT molecular complexity index is 1020. The van der Waals surface area contributed by atoms with Crippen molar-refractivity contribution < 1.29 is 22.7 Å². The summed E-state index contributed by atoms with van der Waals surface area (Å²) < 4.78 is 33.4. The monoisotopic (exact) mass is 433 g/mol. The number of benzene rings is 2. The fourth-order valence-electron chi connectivity index (χ4n) is 2.70. The van der Waals surface area contributed by atoms with Gasteiger partial charge >= 0.3 is 0 Å². The average Bonchev–Trinajstić information content (AvgIpc) is 2.68. The number of sulfonamides is 1. The summed E-state index contributed by atoms with van der Waals surface area (Å²) in [5.41, 5.74) is 1.90. The van der Waals surface area contributed by atoms with Gasteiger partial charge in [-0.15, -0.1) is 0 Å². The minimum atomic E-state index is -4.00. The topological polar surface area (TPSA) is 114 Å². The Kier molecular flexibility index (Phi) is 7.58. The molecule has 2 amide bonds. The van der Waals surface area contributed by atoms with Crippen molar-refractivity contribution in [2.45, 2.75) is 44.6 Å². The summed E-state index contributed by atoms with van der Waals surface area (Å²) in [5.74, 6) is -0.393. The van der Waals surface area contributed by atoms with Gasteiger partial charge in [-0.3, -0.25) is 9.59 Å². The first-order valence-electron chi connectivity index (χ1n) is 9.42. The van der Waals surface area contributed by atoms with Gasteiger partial charge in [0, 0.05) is 18.3 Å². The van der Waals surface area contributed by atoms with E-state index in [2.05, 4.69) is 15.4 Å². The molecular formula is C21H27N3O5S. The third-order valence-corrected chi connectivity index (χ3v) is 5.90. The van der Waals surface area contributed by atoms with Crippen LogP contribution in [0.5, 0.6) is 5.75 Å². The molecule has 0 aromatic heterocycles. The molecule has 2 aromatic carbocycles. The van der Waals surface area contributed by atoms with E-state index in [9.17, 15) is 18.0 Å². The molecule has 0 bridgehead atoms. The highest BCUT2D eigenvalue weighted by Gasteiger charge is 2.26. The Hall–Kier alpha value is -2.91. The molecule has 3 N–H and O–H groups in total. The third kappa shape index (κ3) is 6.04. The number of rotatable bonds is 8. The lowest BCUT2D eigenvalue weighted by Crippen LogP contribution is -2.41. The number of amides is 2. The second-order valence-corrected chi connectivity index (χ2v) is 8.84. The van der Waals surface area contributed by atoms with E-state index >= 15 is 0 Å². The van der Waals surface area contributed by atoms with Crippen molar-refractivity contribution in [2.24, 2.45) is 0 Å². The fourth-order valence-corrected chi connectivity index (χ4v) is 4.11. The maximum atomic E-state index is 12.9. The molecule has 0 spiro atoms. The lowest BCUT2D eigenvalue weighted by atomic mass is 10.0. The largest absolute Gasteiger partial charge is 0.495 e. The van der Waals surface area contributed by atoms with Crippen LogP contribution in [0.4, 0.5) is 11.4 Å². The van der Waals surface area contributed by atoms with Gasteiger partial charge in [-0.1, -0.05) is 19.9 Å². The van der Waals surface area contributed by atoms with E-state index in [-0.39, 0.29) is 22.5 Å². The lowest BCUT2D eigenvalue weighted by molar-refractivity contribution is -0.117. The predicted molar refractivity (Wildman–Crippen MR) is 116 cm³/mol. The molecule has 0 aliphatic carbocycles. The summed E-state index contributed by atoms with van der Waals surface area (Å²) in [4.78, 5) is 23.5. The number of nitrogens with one attached hydrogen (secondary N) is 3. The first kappa shape index (κ1) is 23.4. The average molecular weight is 434 g/mol. The van der Waals surface area contributed by atoms with Crippen LogP contribution in [0.2, 0.25) is 0 Å². The molecule has 0 saturated heterocycles. The predicted octanol–water partition coefficient (Wildman–Crippen LogP) is 3.08. The zero-order valence-corrected chi connectivity index (χ0v) is 18.5. The highest BCUT2D eigenvalue weighted by atomic mass is 32.2. The number of hydrogen-bond donors (Lipinski definition) is 3. The molecule has 0 heterocycles. The minimum Gasteiger partial charge on any atom is -0.495 e. The van der Waals surface area contributed by atoms with Crippen LogP contribution in [-0.2, 0) is 19.6 Å². The van der Waals surface area contributed by atoms with Crippen molar-refractivity contribution >= 4 is 33.2 Å². The molecule has 1 atom stereocenters. The van der Waals surface area contributed by atoms with Gasteiger partial charge in [0.2, 0.25) is 21.8 Å². The molecule has 2 rings (SSSR count). The molecule has 0 fully saturated rings. The summed E-state index contributed by atoms with van der Waals surface area (Å²) in [6.45, 7) is 6.77. The SMILES string of the molecule is COc1ccc(C(C)C)cc1S(=O)(=O)NC(C)C(=O)Nc1ccc(NC(C)=O)cc1.